The van der Waals surface area contributed by atoms with E-state index in [1.807, 2.05) is 55.5 Å². The van der Waals surface area contributed by atoms with Gasteiger partial charge in [0.15, 0.2) is 0 Å². The lowest BCUT2D eigenvalue weighted by atomic mass is 10.1. The van der Waals surface area contributed by atoms with E-state index in [2.05, 4.69) is 15.4 Å². The molecule has 0 fully saturated rings. The summed E-state index contributed by atoms with van der Waals surface area (Å²) >= 11 is 6.26. The number of hydrazone groups is 1. The molecule has 0 amide bonds. The van der Waals surface area contributed by atoms with Gasteiger partial charge in [0.2, 0.25) is 0 Å². The Bertz CT molecular complexity index is 687. The van der Waals surface area contributed by atoms with Crippen molar-refractivity contribution in [3.63, 3.8) is 0 Å². The molecule has 3 rings (SSSR count). The number of hydrogen-bond acceptors (Lipinski definition) is 4. The van der Waals surface area contributed by atoms with Crippen LogP contribution in [-0.4, -0.2) is 19.1 Å². The predicted octanol–water partition coefficient (Wildman–Crippen LogP) is 3.66. The zero-order chi connectivity index (χ0) is 15.4. The summed E-state index contributed by atoms with van der Waals surface area (Å²) in [7, 11) is 0. The van der Waals surface area contributed by atoms with Crippen LogP contribution in [0.25, 0.3) is 0 Å². The molecule has 0 aromatic heterocycles. The minimum Gasteiger partial charge on any atom is -0.492 e. The molecule has 2 aromatic rings. The second-order valence-corrected chi connectivity index (χ2v) is 5.35. The van der Waals surface area contributed by atoms with Crippen molar-refractivity contribution in [2.24, 2.45) is 5.10 Å². The van der Waals surface area contributed by atoms with Crippen molar-refractivity contribution in [3.05, 3.63) is 59.1 Å². The molecule has 0 bridgehead atoms. The van der Waals surface area contributed by atoms with Gasteiger partial charge in [0.25, 0.3) is 0 Å². The van der Waals surface area contributed by atoms with Crippen LogP contribution in [0.5, 0.6) is 5.75 Å². The summed E-state index contributed by atoms with van der Waals surface area (Å²) in [4.78, 5) is 2.12. The standard InChI is InChI=1S/C17H18ClN3O/c1-2-22-16-10-6-5-9-15(16)21-12-19-20-17(21)11-13-7-3-4-8-14(13)18/h3-10,19H,2,11-12H2,1H3. The number of amidine groups is 1. The van der Waals surface area contributed by atoms with Crippen LogP contribution in [0.1, 0.15) is 12.5 Å². The fourth-order valence-corrected chi connectivity index (χ4v) is 2.68. The summed E-state index contributed by atoms with van der Waals surface area (Å²) < 4.78 is 5.72. The van der Waals surface area contributed by atoms with E-state index in [-0.39, 0.29) is 0 Å². The van der Waals surface area contributed by atoms with Gasteiger partial charge in [-0.1, -0.05) is 41.9 Å². The summed E-state index contributed by atoms with van der Waals surface area (Å²) in [5, 5.41) is 5.17. The average Bonchev–Trinajstić information content (AvgIpc) is 2.98. The maximum absolute atomic E-state index is 6.26. The van der Waals surface area contributed by atoms with E-state index in [1.54, 1.807) is 0 Å². The first kappa shape index (κ1) is 14.7. The van der Waals surface area contributed by atoms with Crippen LogP contribution < -0.4 is 15.1 Å². The Morgan fingerprint density at radius 2 is 1.95 bits per heavy atom. The number of halogens is 1. The Hall–Kier alpha value is -2.20. The molecule has 5 heteroatoms. The van der Waals surface area contributed by atoms with Crippen LogP contribution in [0.4, 0.5) is 5.69 Å². The highest BCUT2D eigenvalue weighted by molar-refractivity contribution is 6.31. The highest BCUT2D eigenvalue weighted by atomic mass is 35.5. The van der Waals surface area contributed by atoms with Gasteiger partial charge < -0.3 is 9.64 Å². The van der Waals surface area contributed by atoms with Crippen molar-refractivity contribution in [3.8, 4) is 5.75 Å². The van der Waals surface area contributed by atoms with Crippen molar-refractivity contribution < 1.29 is 4.74 Å². The van der Waals surface area contributed by atoms with Crippen molar-refractivity contribution in [2.45, 2.75) is 13.3 Å². The van der Waals surface area contributed by atoms with Gasteiger partial charge in [0.1, 0.15) is 18.3 Å². The minimum atomic E-state index is 0.629. The van der Waals surface area contributed by atoms with Gasteiger partial charge in [-0.2, -0.15) is 5.10 Å². The average molecular weight is 316 g/mol. The molecule has 0 aliphatic carbocycles. The number of nitrogens with one attached hydrogen (secondary N) is 1. The molecule has 1 heterocycles. The summed E-state index contributed by atoms with van der Waals surface area (Å²) in [6.07, 6.45) is 0.674. The van der Waals surface area contributed by atoms with E-state index in [4.69, 9.17) is 16.3 Å². The molecule has 22 heavy (non-hydrogen) atoms. The normalized spacial score (nSPS) is 13.7. The largest absolute Gasteiger partial charge is 0.492 e. The molecule has 1 N–H and O–H groups in total. The summed E-state index contributed by atoms with van der Waals surface area (Å²) in [6.45, 7) is 3.25. The van der Waals surface area contributed by atoms with E-state index in [9.17, 15) is 0 Å². The van der Waals surface area contributed by atoms with Gasteiger partial charge in [-0.05, 0) is 30.7 Å². The van der Waals surface area contributed by atoms with Crippen molar-refractivity contribution in [1.29, 1.82) is 0 Å². The van der Waals surface area contributed by atoms with Crippen LogP contribution >= 0.6 is 11.6 Å². The number of para-hydroxylation sites is 2. The lowest BCUT2D eigenvalue weighted by Crippen LogP contribution is -2.31. The van der Waals surface area contributed by atoms with E-state index < -0.39 is 0 Å². The van der Waals surface area contributed by atoms with Crippen LogP contribution in [-0.2, 0) is 6.42 Å². The van der Waals surface area contributed by atoms with Crippen molar-refractivity contribution in [2.75, 3.05) is 18.2 Å². The van der Waals surface area contributed by atoms with Crippen LogP contribution in [0, 0.1) is 0 Å². The molecule has 0 atom stereocenters. The SMILES string of the molecule is CCOc1ccccc1N1CNN=C1Cc1ccccc1Cl. The number of hydrogen-bond donors (Lipinski definition) is 1. The van der Waals surface area contributed by atoms with Gasteiger partial charge in [-0.15, -0.1) is 0 Å². The van der Waals surface area contributed by atoms with Crippen molar-refractivity contribution >= 4 is 23.1 Å². The third-order valence-corrected chi connectivity index (χ3v) is 3.88. The van der Waals surface area contributed by atoms with E-state index >= 15 is 0 Å². The molecule has 0 radical (unpaired) electrons. The molecule has 0 saturated carbocycles. The molecule has 0 unspecified atom stereocenters. The first-order valence-corrected chi connectivity index (χ1v) is 7.69. The third-order valence-electron chi connectivity index (χ3n) is 3.51. The van der Waals surface area contributed by atoms with Crippen LogP contribution in [0.2, 0.25) is 5.02 Å². The molecule has 2 aromatic carbocycles. The zero-order valence-electron chi connectivity index (χ0n) is 12.4. The molecular weight excluding hydrogens is 298 g/mol. The Morgan fingerprint density at radius 3 is 2.77 bits per heavy atom. The molecule has 1 aliphatic heterocycles. The van der Waals surface area contributed by atoms with Gasteiger partial charge in [0, 0.05) is 11.4 Å². The quantitative estimate of drug-likeness (QED) is 0.915. The fourth-order valence-electron chi connectivity index (χ4n) is 2.48. The first-order valence-electron chi connectivity index (χ1n) is 7.31. The lowest BCUT2D eigenvalue weighted by Gasteiger charge is -2.22. The monoisotopic (exact) mass is 315 g/mol. The summed E-state index contributed by atoms with van der Waals surface area (Å²) in [5.41, 5.74) is 5.12. The highest BCUT2D eigenvalue weighted by Gasteiger charge is 2.22. The van der Waals surface area contributed by atoms with Gasteiger partial charge in [-0.3, -0.25) is 5.43 Å². The second-order valence-electron chi connectivity index (χ2n) is 4.94. The summed E-state index contributed by atoms with van der Waals surface area (Å²) in [5.74, 6) is 1.79. The molecule has 0 spiro atoms. The molecule has 114 valence electrons. The van der Waals surface area contributed by atoms with E-state index in [0.29, 0.717) is 19.7 Å². The van der Waals surface area contributed by atoms with Gasteiger partial charge >= 0.3 is 0 Å². The first-order chi connectivity index (χ1) is 10.8. The zero-order valence-corrected chi connectivity index (χ0v) is 13.2. The number of nitrogens with zero attached hydrogens (tertiary/aromatic N) is 2. The Balaban J connectivity index is 1.86. The van der Waals surface area contributed by atoms with Crippen LogP contribution in [0.3, 0.4) is 0 Å². The lowest BCUT2D eigenvalue weighted by molar-refractivity contribution is 0.341. The molecular formula is C17H18ClN3O. The Labute approximate surface area is 135 Å². The third kappa shape index (κ3) is 3.02. The number of ether oxygens (including phenoxy) is 1. The van der Waals surface area contributed by atoms with Gasteiger partial charge in [-0.25, -0.2) is 0 Å². The van der Waals surface area contributed by atoms with Crippen LogP contribution in [0.15, 0.2) is 53.6 Å². The molecule has 1 aliphatic rings. The Morgan fingerprint density at radius 1 is 1.18 bits per heavy atom. The van der Waals surface area contributed by atoms with E-state index in [1.165, 1.54) is 0 Å². The van der Waals surface area contributed by atoms with Gasteiger partial charge in [0.05, 0.1) is 12.3 Å². The number of benzene rings is 2. The van der Waals surface area contributed by atoms with Crippen molar-refractivity contribution in [1.82, 2.24) is 5.43 Å². The number of anilines is 1. The second kappa shape index (κ2) is 6.71. The smallest absolute Gasteiger partial charge is 0.143 e. The molecule has 4 nitrogen and oxygen atoms in total. The fraction of sp³-hybridized carbons (Fsp3) is 0.235. The predicted molar refractivity (Wildman–Crippen MR) is 90.7 cm³/mol. The minimum absolute atomic E-state index is 0.629. The maximum Gasteiger partial charge on any atom is 0.143 e. The maximum atomic E-state index is 6.26. The highest BCUT2D eigenvalue weighted by Crippen LogP contribution is 2.30. The van der Waals surface area contributed by atoms with E-state index in [0.717, 1.165) is 27.9 Å². The topological polar surface area (TPSA) is 36.9 Å². The number of rotatable bonds is 5. The molecule has 0 saturated heterocycles. The Kier molecular flexibility index (Phi) is 4.49. The summed E-state index contributed by atoms with van der Waals surface area (Å²) in [6, 6.07) is 15.8.